The van der Waals surface area contributed by atoms with Crippen LogP contribution in [-0.2, 0) is 22.4 Å². The van der Waals surface area contributed by atoms with E-state index in [0.717, 1.165) is 16.9 Å². The molecular formula is C23H27ClN2O3. The molecule has 2 aromatic carbocycles. The standard InChI is InChI=1S/C23H27ClN2O3/c1-2-29-21-10-5-19(6-11-21)17-23(28)26-15-13-25(14-16-26)22(27)12-7-18-3-8-20(24)9-4-18/h3-6,8-11H,2,7,12-17H2,1H3. The van der Waals surface area contributed by atoms with Crippen LogP contribution in [-0.4, -0.2) is 54.4 Å². The number of aryl methyl sites for hydroxylation is 1. The van der Waals surface area contributed by atoms with Crippen molar-refractivity contribution in [2.75, 3.05) is 32.8 Å². The molecule has 1 aliphatic rings. The zero-order chi connectivity index (χ0) is 20.6. The molecule has 154 valence electrons. The van der Waals surface area contributed by atoms with E-state index >= 15 is 0 Å². The topological polar surface area (TPSA) is 49.9 Å². The third-order valence-corrected chi connectivity index (χ3v) is 5.37. The first-order valence-corrected chi connectivity index (χ1v) is 10.4. The summed E-state index contributed by atoms with van der Waals surface area (Å²) in [5.41, 5.74) is 2.08. The van der Waals surface area contributed by atoms with Crippen LogP contribution in [0.5, 0.6) is 5.75 Å². The Hall–Kier alpha value is -2.53. The molecule has 0 N–H and O–H groups in total. The Balaban J connectivity index is 1.42. The Morgan fingerprint density at radius 3 is 2.00 bits per heavy atom. The predicted molar refractivity (Wildman–Crippen MR) is 114 cm³/mol. The number of carbonyl (C=O) groups excluding carboxylic acids is 2. The van der Waals surface area contributed by atoms with Crippen LogP contribution < -0.4 is 4.74 Å². The summed E-state index contributed by atoms with van der Waals surface area (Å²) in [6.45, 7) is 4.93. The molecule has 6 heteroatoms. The fourth-order valence-electron chi connectivity index (χ4n) is 3.42. The lowest BCUT2D eigenvalue weighted by atomic mass is 10.1. The lowest BCUT2D eigenvalue weighted by molar-refractivity contribution is -0.139. The van der Waals surface area contributed by atoms with Gasteiger partial charge in [-0.3, -0.25) is 9.59 Å². The van der Waals surface area contributed by atoms with Crippen molar-refractivity contribution in [2.24, 2.45) is 0 Å². The van der Waals surface area contributed by atoms with Gasteiger partial charge in [0.15, 0.2) is 0 Å². The molecule has 1 saturated heterocycles. The second kappa shape index (κ2) is 10.3. The van der Waals surface area contributed by atoms with E-state index < -0.39 is 0 Å². The van der Waals surface area contributed by atoms with Gasteiger partial charge < -0.3 is 14.5 Å². The summed E-state index contributed by atoms with van der Waals surface area (Å²) in [5.74, 6) is 1.05. The minimum absolute atomic E-state index is 0.0995. The fraction of sp³-hybridized carbons (Fsp3) is 0.391. The molecule has 29 heavy (non-hydrogen) atoms. The molecule has 0 spiro atoms. The summed E-state index contributed by atoms with van der Waals surface area (Å²) in [5, 5.41) is 0.700. The van der Waals surface area contributed by atoms with Crippen LogP contribution in [0.25, 0.3) is 0 Å². The number of hydrogen-bond donors (Lipinski definition) is 0. The van der Waals surface area contributed by atoms with E-state index in [-0.39, 0.29) is 11.8 Å². The third kappa shape index (κ3) is 6.23. The quantitative estimate of drug-likeness (QED) is 0.695. The Morgan fingerprint density at radius 2 is 1.41 bits per heavy atom. The van der Waals surface area contributed by atoms with E-state index in [1.165, 1.54) is 0 Å². The number of nitrogens with zero attached hydrogens (tertiary/aromatic N) is 2. The monoisotopic (exact) mass is 414 g/mol. The number of ether oxygens (including phenoxy) is 1. The summed E-state index contributed by atoms with van der Waals surface area (Å²) in [7, 11) is 0. The molecular weight excluding hydrogens is 388 g/mol. The molecule has 2 amide bonds. The summed E-state index contributed by atoms with van der Waals surface area (Å²) in [4.78, 5) is 28.8. The molecule has 1 heterocycles. The molecule has 0 atom stereocenters. The lowest BCUT2D eigenvalue weighted by Crippen LogP contribution is -2.51. The number of piperazine rings is 1. The SMILES string of the molecule is CCOc1ccc(CC(=O)N2CCN(C(=O)CCc3ccc(Cl)cc3)CC2)cc1. The van der Waals surface area contributed by atoms with Crippen molar-refractivity contribution >= 4 is 23.4 Å². The van der Waals surface area contributed by atoms with Crippen molar-refractivity contribution in [1.82, 2.24) is 9.80 Å². The van der Waals surface area contributed by atoms with Gasteiger partial charge in [0.25, 0.3) is 0 Å². The summed E-state index contributed by atoms with van der Waals surface area (Å²) < 4.78 is 5.43. The molecule has 0 unspecified atom stereocenters. The van der Waals surface area contributed by atoms with Crippen LogP contribution in [0.4, 0.5) is 0 Å². The molecule has 1 aliphatic heterocycles. The van der Waals surface area contributed by atoms with Crippen molar-refractivity contribution in [3.05, 3.63) is 64.7 Å². The van der Waals surface area contributed by atoms with Crippen LogP contribution in [0, 0.1) is 0 Å². The highest BCUT2D eigenvalue weighted by atomic mass is 35.5. The normalized spacial score (nSPS) is 14.0. The van der Waals surface area contributed by atoms with Crippen molar-refractivity contribution in [3.8, 4) is 5.75 Å². The number of rotatable bonds is 7. The van der Waals surface area contributed by atoms with Gasteiger partial charge in [-0.2, -0.15) is 0 Å². The smallest absolute Gasteiger partial charge is 0.227 e. The zero-order valence-corrected chi connectivity index (χ0v) is 17.5. The third-order valence-electron chi connectivity index (χ3n) is 5.12. The Bertz CT molecular complexity index is 813. The molecule has 0 bridgehead atoms. The van der Waals surface area contributed by atoms with E-state index in [0.29, 0.717) is 57.1 Å². The van der Waals surface area contributed by atoms with E-state index in [1.54, 1.807) is 0 Å². The van der Waals surface area contributed by atoms with Gasteiger partial charge in [0, 0.05) is 37.6 Å². The van der Waals surface area contributed by atoms with Crippen molar-refractivity contribution < 1.29 is 14.3 Å². The van der Waals surface area contributed by atoms with E-state index in [4.69, 9.17) is 16.3 Å². The number of carbonyl (C=O) groups is 2. The van der Waals surface area contributed by atoms with Gasteiger partial charge in [-0.05, 0) is 48.7 Å². The highest BCUT2D eigenvalue weighted by Gasteiger charge is 2.23. The van der Waals surface area contributed by atoms with Gasteiger partial charge in [-0.25, -0.2) is 0 Å². The molecule has 2 aromatic rings. The number of amides is 2. The first-order valence-electron chi connectivity index (χ1n) is 10.1. The maximum Gasteiger partial charge on any atom is 0.227 e. The first kappa shape index (κ1) is 21.2. The zero-order valence-electron chi connectivity index (χ0n) is 16.8. The van der Waals surface area contributed by atoms with Crippen LogP contribution in [0.1, 0.15) is 24.5 Å². The van der Waals surface area contributed by atoms with Crippen LogP contribution in [0.15, 0.2) is 48.5 Å². The number of hydrogen-bond acceptors (Lipinski definition) is 3. The highest BCUT2D eigenvalue weighted by molar-refractivity contribution is 6.30. The molecule has 0 aromatic heterocycles. The van der Waals surface area contributed by atoms with Gasteiger partial charge in [-0.15, -0.1) is 0 Å². The van der Waals surface area contributed by atoms with Crippen molar-refractivity contribution in [2.45, 2.75) is 26.2 Å². The van der Waals surface area contributed by atoms with E-state index in [1.807, 2.05) is 65.3 Å². The maximum atomic E-state index is 12.6. The van der Waals surface area contributed by atoms with Crippen LogP contribution >= 0.6 is 11.6 Å². The Labute approximate surface area is 177 Å². The minimum atomic E-state index is 0.0995. The predicted octanol–water partition coefficient (Wildman–Crippen LogP) is 3.58. The van der Waals surface area contributed by atoms with E-state index in [2.05, 4.69) is 0 Å². The first-order chi connectivity index (χ1) is 14.0. The second-order valence-corrected chi connectivity index (χ2v) is 7.58. The van der Waals surface area contributed by atoms with Gasteiger partial charge in [0.2, 0.25) is 11.8 Å². The van der Waals surface area contributed by atoms with Gasteiger partial charge >= 0.3 is 0 Å². The fourth-order valence-corrected chi connectivity index (χ4v) is 3.55. The molecule has 0 saturated carbocycles. The van der Waals surface area contributed by atoms with Crippen molar-refractivity contribution in [3.63, 3.8) is 0 Å². The molecule has 0 aliphatic carbocycles. The number of benzene rings is 2. The summed E-state index contributed by atoms with van der Waals surface area (Å²) in [6, 6.07) is 15.2. The molecule has 3 rings (SSSR count). The largest absolute Gasteiger partial charge is 0.494 e. The highest BCUT2D eigenvalue weighted by Crippen LogP contribution is 2.15. The van der Waals surface area contributed by atoms with Crippen LogP contribution in [0.3, 0.4) is 0 Å². The lowest BCUT2D eigenvalue weighted by Gasteiger charge is -2.35. The van der Waals surface area contributed by atoms with Crippen LogP contribution in [0.2, 0.25) is 5.02 Å². The number of halogens is 1. The van der Waals surface area contributed by atoms with Gasteiger partial charge in [-0.1, -0.05) is 35.9 Å². The average molecular weight is 415 g/mol. The average Bonchev–Trinajstić information content (AvgIpc) is 2.75. The van der Waals surface area contributed by atoms with Gasteiger partial charge in [0.1, 0.15) is 5.75 Å². The van der Waals surface area contributed by atoms with Gasteiger partial charge in [0.05, 0.1) is 13.0 Å². The van der Waals surface area contributed by atoms with Crippen molar-refractivity contribution in [1.29, 1.82) is 0 Å². The molecule has 0 radical (unpaired) electrons. The Kier molecular flexibility index (Phi) is 7.53. The molecule has 5 nitrogen and oxygen atoms in total. The second-order valence-electron chi connectivity index (χ2n) is 7.14. The minimum Gasteiger partial charge on any atom is -0.494 e. The van der Waals surface area contributed by atoms with E-state index in [9.17, 15) is 9.59 Å². The summed E-state index contributed by atoms with van der Waals surface area (Å²) >= 11 is 5.89. The summed E-state index contributed by atoms with van der Waals surface area (Å²) in [6.07, 6.45) is 1.55. The Morgan fingerprint density at radius 1 is 0.862 bits per heavy atom. The maximum absolute atomic E-state index is 12.6. The molecule has 1 fully saturated rings.